The Kier molecular flexibility index (Phi) is 9.84. The molecule has 0 unspecified atom stereocenters. The van der Waals surface area contributed by atoms with E-state index in [1.54, 1.807) is 11.2 Å². The molecule has 8 aromatic carbocycles. The van der Waals surface area contributed by atoms with Crippen molar-refractivity contribution in [3.8, 4) is 39.1 Å². The van der Waals surface area contributed by atoms with Gasteiger partial charge in [0.05, 0.1) is 11.0 Å². The molecule has 0 spiro atoms. The lowest BCUT2D eigenvalue weighted by molar-refractivity contribution is 0.660. The molecule has 0 bridgehead atoms. The molecule has 9 aromatic rings. The molecular formula is C54H44N4S. The van der Waals surface area contributed by atoms with Crippen LogP contribution >= 0.6 is 12.6 Å². The van der Waals surface area contributed by atoms with Crippen LogP contribution in [0, 0.1) is 10.8 Å². The molecule has 10 rings (SSSR count). The second-order valence-corrected chi connectivity index (χ2v) is 15.4. The van der Waals surface area contributed by atoms with Crippen LogP contribution in [0.5, 0.6) is 0 Å². The quantitative estimate of drug-likeness (QED) is 0.0878. The van der Waals surface area contributed by atoms with E-state index in [4.69, 9.17) is 0 Å². The SMILES string of the molecule is CC1(C)c2ccccc2-c2cc(-c3ccc4c(c3)c3ccc(-c5ccc(N(C(=N)c6ccccc6)C(=N)c6ccccc6)cc5)cc3n4-c3ccccc3)ccc21.CS. The van der Waals surface area contributed by atoms with Gasteiger partial charge in [0.1, 0.15) is 11.7 Å². The number of aromatic nitrogens is 1. The molecular weight excluding hydrogens is 737 g/mol. The van der Waals surface area contributed by atoms with Gasteiger partial charge in [-0.1, -0.05) is 159 Å². The summed E-state index contributed by atoms with van der Waals surface area (Å²) in [5.41, 5.74) is 15.6. The number of rotatable bonds is 6. The van der Waals surface area contributed by atoms with Crippen molar-refractivity contribution in [3.05, 3.63) is 216 Å². The summed E-state index contributed by atoms with van der Waals surface area (Å²) in [4.78, 5) is 1.71. The van der Waals surface area contributed by atoms with E-state index in [1.165, 1.54) is 44.2 Å². The molecule has 286 valence electrons. The molecule has 0 amide bonds. The first-order valence-corrected chi connectivity index (χ1v) is 20.8. The molecule has 0 aliphatic heterocycles. The van der Waals surface area contributed by atoms with E-state index >= 15 is 0 Å². The van der Waals surface area contributed by atoms with Crippen molar-refractivity contribution in [2.45, 2.75) is 19.3 Å². The van der Waals surface area contributed by atoms with Gasteiger partial charge in [0.25, 0.3) is 0 Å². The van der Waals surface area contributed by atoms with Crippen molar-refractivity contribution in [1.82, 2.24) is 4.57 Å². The van der Waals surface area contributed by atoms with Crippen LogP contribution in [0.25, 0.3) is 60.9 Å². The van der Waals surface area contributed by atoms with Crippen LogP contribution < -0.4 is 4.90 Å². The fraction of sp³-hybridized carbons (Fsp3) is 0.0741. The van der Waals surface area contributed by atoms with Crippen molar-refractivity contribution in [3.63, 3.8) is 0 Å². The highest BCUT2D eigenvalue weighted by Gasteiger charge is 2.35. The number of amidine groups is 2. The molecule has 0 radical (unpaired) electrons. The Morgan fingerprint density at radius 3 is 1.63 bits per heavy atom. The third-order valence-electron chi connectivity index (χ3n) is 11.7. The molecule has 0 saturated heterocycles. The lowest BCUT2D eigenvalue weighted by Gasteiger charge is -2.26. The minimum Gasteiger partial charge on any atom is -0.309 e. The second kappa shape index (κ2) is 15.4. The number of fused-ring (bicyclic) bond motifs is 6. The van der Waals surface area contributed by atoms with Crippen molar-refractivity contribution in [2.24, 2.45) is 0 Å². The van der Waals surface area contributed by atoms with Crippen LogP contribution in [-0.4, -0.2) is 22.5 Å². The third kappa shape index (κ3) is 6.54. The summed E-state index contributed by atoms with van der Waals surface area (Å²) in [5.74, 6) is 0.498. The Labute approximate surface area is 351 Å². The highest BCUT2D eigenvalue weighted by Crippen LogP contribution is 2.49. The first-order chi connectivity index (χ1) is 28.9. The van der Waals surface area contributed by atoms with E-state index < -0.39 is 0 Å². The molecule has 0 atom stereocenters. The molecule has 0 fully saturated rings. The van der Waals surface area contributed by atoms with E-state index in [-0.39, 0.29) is 17.1 Å². The van der Waals surface area contributed by atoms with Gasteiger partial charge in [-0.05, 0) is 99.3 Å². The Bertz CT molecular complexity index is 2950. The number of para-hydroxylation sites is 1. The number of benzene rings is 8. The fourth-order valence-corrected chi connectivity index (χ4v) is 8.76. The summed E-state index contributed by atoms with van der Waals surface area (Å²) in [6.45, 7) is 4.66. The molecule has 1 aliphatic carbocycles. The Balaban J connectivity index is 0.00000221. The second-order valence-electron chi connectivity index (χ2n) is 15.4. The summed E-state index contributed by atoms with van der Waals surface area (Å²) >= 11 is 3.53. The van der Waals surface area contributed by atoms with Gasteiger partial charge in [0.2, 0.25) is 0 Å². The van der Waals surface area contributed by atoms with E-state index in [0.29, 0.717) is 0 Å². The summed E-state index contributed by atoms with van der Waals surface area (Å²) in [6.07, 6.45) is 1.69. The van der Waals surface area contributed by atoms with Crippen molar-refractivity contribution < 1.29 is 0 Å². The topological polar surface area (TPSA) is 55.9 Å². The standard InChI is InChI=1S/C53H40N4.CH4S/c1-53(2)47-21-13-12-20-43(47)45-32-38(25-30-48(45)53)39-26-31-49-46(33-39)44-29-24-40(34-50(44)56(49)41-18-10-5-11-19-41)35-22-27-42(28-23-35)57(51(54)36-14-6-3-7-15-36)52(55)37-16-8-4-9-17-37;1-2/h3-34,54-55H,1-2H3;2H,1H3. The molecule has 0 saturated carbocycles. The maximum Gasteiger partial charge on any atom is 0.138 e. The zero-order valence-corrected chi connectivity index (χ0v) is 34.2. The maximum absolute atomic E-state index is 9.20. The van der Waals surface area contributed by atoms with Gasteiger partial charge in [0, 0.05) is 38.7 Å². The molecule has 59 heavy (non-hydrogen) atoms. The largest absolute Gasteiger partial charge is 0.309 e. The third-order valence-corrected chi connectivity index (χ3v) is 11.7. The van der Waals surface area contributed by atoms with Crippen molar-refractivity contribution in [2.75, 3.05) is 11.2 Å². The maximum atomic E-state index is 9.20. The summed E-state index contributed by atoms with van der Waals surface area (Å²) < 4.78 is 2.37. The summed E-state index contributed by atoms with van der Waals surface area (Å²) in [5, 5.41) is 20.8. The van der Waals surface area contributed by atoms with Gasteiger partial charge >= 0.3 is 0 Å². The van der Waals surface area contributed by atoms with E-state index in [9.17, 15) is 10.8 Å². The van der Waals surface area contributed by atoms with Crippen molar-refractivity contribution >= 4 is 51.8 Å². The Hall–Kier alpha value is -6.95. The number of hydrogen-bond donors (Lipinski definition) is 3. The van der Waals surface area contributed by atoms with Crippen LogP contribution in [0.4, 0.5) is 5.69 Å². The predicted octanol–water partition coefficient (Wildman–Crippen LogP) is 13.8. The van der Waals surface area contributed by atoms with Gasteiger partial charge in [-0.3, -0.25) is 15.7 Å². The average molecular weight is 781 g/mol. The minimum absolute atomic E-state index is 0.0225. The minimum atomic E-state index is -0.0225. The Morgan fingerprint density at radius 1 is 0.458 bits per heavy atom. The van der Waals surface area contributed by atoms with E-state index in [0.717, 1.165) is 44.7 Å². The van der Waals surface area contributed by atoms with Crippen LogP contribution in [-0.2, 0) is 5.41 Å². The predicted molar refractivity (Wildman–Crippen MR) is 253 cm³/mol. The average Bonchev–Trinajstić information content (AvgIpc) is 3.75. The van der Waals surface area contributed by atoms with Gasteiger partial charge < -0.3 is 4.57 Å². The van der Waals surface area contributed by atoms with Crippen LogP contribution in [0.15, 0.2) is 194 Å². The molecule has 1 heterocycles. The summed E-state index contributed by atoms with van der Waals surface area (Å²) in [6, 6.07) is 67.6. The first-order valence-electron chi connectivity index (χ1n) is 19.9. The Morgan fingerprint density at radius 2 is 0.966 bits per heavy atom. The normalized spacial score (nSPS) is 12.3. The van der Waals surface area contributed by atoms with Crippen LogP contribution in [0.1, 0.15) is 36.1 Å². The number of hydrogen-bond acceptors (Lipinski definition) is 3. The smallest absolute Gasteiger partial charge is 0.138 e. The van der Waals surface area contributed by atoms with Gasteiger partial charge in [-0.2, -0.15) is 12.6 Å². The van der Waals surface area contributed by atoms with Gasteiger partial charge in [-0.15, -0.1) is 0 Å². The zero-order chi connectivity index (χ0) is 40.7. The van der Waals surface area contributed by atoms with Crippen LogP contribution in [0.2, 0.25) is 0 Å². The van der Waals surface area contributed by atoms with E-state index in [2.05, 4.69) is 152 Å². The number of nitrogens with zero attached hydrogens (tertiary/aromatic N) is 2. The lowest BCUT2D eigenvalue weighted by atomic mass is 9.82. The highest BCUT2D eigenvalue weighted by molar-refractivity contribution is 7.79. The van der Waals surface area contributed by atoms with E-state index in [1.807, 2.05) is 72.8 Å². The molecule has 1 aliphatic rings. The fourth-order valence-electron chi connectivity index (χ4n) is 8.76. The van der Waals surface area contributed by atoms with Crippen LogP contribution in [0.3, 0.4) is 0 Å². The number of thiol groups is 1. The molecule has 2 N–H and O–H groups in total. The molecule has 1 aromatic heterocycles. The number of nitrogens with one attached hydrogen (secondary N) is 2. The highest BCUT2D eigenvalue weighted by atomic mass is 32.1. The van der Waals surface area contributed by atoms with Gasteiger partial charge in [0.15, 0.2) is 0 Å². The zero-order valence-electron chi connectivity index (χ0n) is 33.3. The van der Waals surface area contributed by atoms with Gasteiger partial charge in [-0.25, -0.2) is 0 Å². The number of anilines is 1. The molecule has 4 nitrogen and oxygen atoms in total. The van der Waals surface area contributed by atoms with Crippen molar-refractivity contribution in [1.29, 1.82) is 10.8 Å². The summed E-state index contributed by atoms with van der Waals surface area (Å²) in [7, 11) is 0. The monoisotopic (exact) mass is 780 g/mol. The molecule has 5 heteroatoms. The lowest BCUT2D eigenvalue weighted by Crippen LogP contribution is -2.37. The first kappa shape index (κ1) is 37.6.